The molecule has 0 N–H and O–H groups in total. The van der Waals surface area contributed by atoms with Gasteiger partial charge in [-0.2, -0.15) is 0 Å². The van der Waals surface area contributed by atoms with E-state index in [0.717, 1.165) is 21.8 Å². The maximum absolute atomic E-state index is 13.2. The first kappa shape index (κ1) is 22.9. The molecule has 2 aromatic carbocycles. The number of hydrogen-bond donors (Lipinski definition) is 0. The number of carbonyl (C=O) groups is 4. The van der Waals surface area contributed by atoms with Crippen LogP contribution in [0.4, 0.5) is 0 Å². The molecule has 0 bridgehead atoms. The first-order valence-corrected chi connectivity index (χ1v) is 10.2. The van der Waals surface area contributed by atoms with E-state index in [9.17, 15) is 19.2 Å². The van der Waals surface area contributed by atoms with Crippen LogP contribution in [0.3, 0.4) is 0 Å². The van der Waals surface area contributed by atoms with Crippen molar-refractivity contribution < 1.29 is 28.8 Å². The Kier molecular flexibility index (Phi) is 6.82. The molecular weight excluding hydrogens is 412 g/mol. The van der Waals surface area contributed by atoms with E-state index in [4.69, 9.17) is 0 Å². The van der Waals surface area contributed by atoms with E-state index in [1.54, 1.807) is 18.2 Å². The van der Waals surface area contributed by atoms with Gasteiger partial charge in [0.1, 0.15) is 5.71 Å². The molecule has 0 saturated carbocycles. The van der Waals surface area contributed by atoms with E-state index in [2.05, 4.69) is 19.3 Å². The van der Waals surface area contributed by atoms with E-state index in [-0.39, 0.29) is 24.3 Å². The number of benzene rings is 2. The second kappa shape index (κ2) is 9.55. The predicted octanol–water partition coefficient (Wildman–Crippen LogP) is 4.07. The third kappa shape index (κ3) is 4.59. The first-order valence-electron chi connectivity index (χ1n) is 10.2. The van der Waals surface area contributed by atoms with Gasteiger partial charge in [0.25, 0.3) is 0 Å². The van der Waals surface area contributed by atoms with Crippen molar-refractivity contribution in [2.75, 3.05) is 7.11 Å². The van der Waals surface area contributed by atoms with Gasteiger partial charge in [-0.15, -0.1) is 0 Å². The predicted molar refractivity (Wildman–Crippen MR) is 120 cm³/mol. The van der Waals surface area contributed by atoms with Gasteiger partial charge in [-0.3, -0.25) is 14.4 Å². The molecule has 0 unspecified atom stereocenters. The van der Waals surface area contributed by atoms with Gasteiger partial charge in [0.2, 0.25) is 5.78 Å². The Hall–Kier alpha value is -3.81. The summed E-state index contributed by atoms with van der Waals surface area (Å²) in [6.45, 7) is 5.41. The maximum Gasteiger partial charge on any atom is 0.331 e. The number of ketones is 2. The molecule has 8 nitrogen and oxygen atoms in total. The number of Topliss-reactive ketones (excluding diaryl/α,β-unsaturated/α-hetero) is 2. The Morgan fingerprint density at radius 2 is 1.50 bits per heavy atom. The lowest BCUT2D eigenvalue weighted by molar-refractivity contribution is -0.141. The third-order valence-electron chi connectivity index (χ3n) is 5.19. The van der Waals surface area contributed by atoms with Crippen LogP contribution in [-0.4, -0.2) is 40.9 Å². The Labute approximate surface area is 184 Å². The largest absolute Gasteiger partial charge is 0.469 e. The SMILES string of the molecule is CCn1c2ccc(C(C)=O)cc2c2cc(C(=O)/C(CCC(=O)OC)=N/OC(C)=O)ccc21. The fourth-order valence-electron chi connectivity index (χ4n) is 3.61. The molecule has 3 rings (SSSR count). The standard InChI is InChI=1S/C24H24N2O6/c1-5-26-21-9-6-16(14(2)27)12-18(21)19-13-17(7-10-22(19)26)24(30)20(25-32-15(3)28)8-11-23(29)31-4/h6-7,9-10,12-13H,5,8,11H2,1-4H3/b25-20+. The highest BCUT2D eigenvalue weighted by molar-refractivity contribution is 6.46. The summed E-state index contributed by atoms with van der Waals surface area (Å²) in [4.78, 5) is 52.4. The van der Waals surface area contributed by atoms with Crippen LogP contribution in [0.15, 0.2) is 41.6 Å². The molecule has 0 aliphatic heterocycles. The van der Waals surface area contributed by atoms with Crippen LogP contribution in [0.5, 0.6) is 0 Å². The second-order valence-electron chi connectivity index (χ2n) is 7.29. The number of nitrogens with zero attached hydrogens (tertiary/aromatic N) is 2. The van der Waals surface area contributed by atoms with Crippen LogP contribution < -0.4 is 0 Å². The third-order valence-corrected chi connectivity index (χ3v) is 5.19. The minimum Gasteiger partial charge on any atom is -0.469 e. The highest BCUT2D eigenvalue weighted by Gasteiger charge is 2.20. The monoisotopic (exact) mass is 436 g/mol. The lowest BCUT2D eigenvalue weighted by atomic mass is 10.0. The average molecular weight is 436 g/mol. The molecule has 0 aliphatic carbocycles. The van der Waals surface area contributed by atoms with Crippen molar-refractivity contribution in [1.29, 1.82) is 0 Å². The number of ether oxygens (including phenoxy) is 1. The van der Waals surface area contributed by atoms with Crippen molar-refractivity contribution in [3.63, 3.8) is 0 Å². The average Bonchev–Trinajstić information content (AvgIpc) is 3.10. The van der Waals surface area contributed by atoms with Crippen LogP contribution in [-0.2, 0) is 25.7 Å². The normalized spacial score (nSPS) is 11.6. The van der Waals surface area contributed by atoms with Crippen LogP contribution >= 0.6 is 0 Å². The highest BCUT2D eigenvalue weighted by atomic mass is 16.7. The molecule has 3 aromatic rings. The Balaban J connectivity index is 2.10. The van der Waals surface area contributed by atoms with Gasteiger partial charge in [-0.1, -0.05) is 5.16 Å². The Morgan fingerprint density at radius 1 is 0.906 bits per heavy atom. The molecule has 0 atom stereocenters. The smallest absolute Gasteiger partial charge is 0.331 e. The van der Waals surface area contributed by atoms with Gasteiger partial charge in [0, 0.05) is 52.8 Å². The molecule has 0 amide bonds. The van der Waals surface area contributed by atoms with Crippen LogP contribution in [0, 0.1) is 0 Å². The molecule has 8 heteroatoms. The molecule has 0 radical (unpaired) electrons. The van der Waals surface area contributed by atoms with Crippen molar-refractivity contribution in [3.8, 4) is 0 Å². The van der Waals surface area contributed by atoms with E-state index in [0.29, 0.717) is 17.7 Å². The number of fused-ring (bicyclic) bond motifs is 3. The second-order valence-corrected chi connectivity index (χ2v) is 7.29. The minimum absolute atomic E-state index is 0.0397. The topological polar surface area (TPSA) is 104 Å². The van der Waals surface area contributed by atoms with Crippen molar-refractivity contribution in [2.45, 2.75) is 40.2 Å². The number of aromatic nitrogens is 1. The summed E-state index contributed by atoms with van der Waals surface area (Å²) >= 11 is 0. The zero-order chi connectivity index (χ0) is 23.4. The summed E-state index contributed by atoms with van der Waals surface area (Å²) in [6.07, 6.45) is -0.121. The number of esters is 1. The number of methoxy groups -OCH3 is 1. The summed E-state index contributed by atoms with van der Waals surface area (Å²) in [5, 5.41) is 5.34. The van der Waals surface area contributed by atoms with Gasteiger partial charge in [0.05, 0.1) is 13.5 Å². The molecule has 166 valence electrons. The molecule has 1 heterocycles. The zero-order valence-corrected chi connectivity index (χ0v) is 18.4. The number of oxime groups is 1. The number of aryl methyl sites for hydroxylation is 1. The van der Waals surface area contributed by atoms with Gasteiger partial charge in [-0.25, -0.2) is 4.79 Å². The van der Waals surface area contributed by atoms with Crippen molar-refractivity contribution >= 4 is 51.0 Å². The summed E-state index contributed by atoms with van der Waals surface area (Å²) in [5.74, 6) is -1.69. The van der Waals surface area contributed by atoms with Gasteiger partial charge >= 0.3 is 11.9 Å². The van der Waals surface area contributed by atoms with E-state index in [1.807, 2.05) is 25.1 Å². The summed E-state index contributed by atoms with van der Waals surface area (Å²) < 4.78 is 6.72. The van der Waals surface area contributed by atoms with E-state index < -0.39 is 17.7 Å². The van der Waals surface area contributed by atoms with Crippen LogP contribution in [0.25, 0.3) is 21.8 Å². The number of carbonyl (C=O) groups excluding carboxylic acids is 4. The van der Waals surface area contributed by atoms with Gasteiger partial charge in [-0.05, 0) is 50.2 Å². The zero-order valence-electron chi connectivity index (χ0n) is 18.4. The Bertz CT molecular complexity index is 1270. The van der Waals surface area contributed by atoms with E-state index in [1.165, 1.54) is 21.0 Å². The van der Waals surface area contributed by atoms with Crippen LogP contribution in [0.2, 0.25) is 0 Å². The van der Waals surface area contributed by atoms with Crippen LogP contribution in [0.1, 0.15) is 54.3 Å². The summed E-state index contributed by atoms with van der Waals surface area (Å²) in [7, 11) is 1.25. The quantitative estimate of drug-likeness (QED) is 0.173. The summed E-state index contributed by atoms with van der Waals surface area (Å²) in [6, 6.07) is 10.8. The van der Waals surface area contributed by atoms with Gasteiger partial charge in [0.15, 0.2) is 5.78 Å². The van der Waals surface area contributed by atoms with Crippen molar-refractivity contribution in [3.05, 3.63) is 47.5 Å². The molecular formula is C24H24N2O6. The molecule has 0 aliphatic rings. The van der Waals surface area contributed by atoms with Crippen molar-refractivity contribution in [2.24, 2.45) is 5.16 Å². The van der Waals surface area contributed by atoms with Gasteiger partial charge < -0.3 is 14.1 Å². The molecule has 0 saturated heterocycles. The minimum atomic E-state index is -0.674. The number of hydrogen-bond acceptors (Lipinski definition) is 7. The van der Waals surface area contributed by atoms with E-state index >= 15 is 0 Å². The fraction of sp³-hybridized carbons (Fsp3) is 0.292. The van der Waals surface area contributed by atoms with Crippen molar-refractivity contribution in [1.82, 2.24) is 4.57 Å². The first-order chi connectivity index (χ1) is 15.3. The maximum atomic E-state index is 13.2. The molecule has 0 spiro atoms. The number of rotatable bonds is 8. The highest BCUT2D eigenvalue weighted by Crippen LogP contribution is 2.31. The Morgan fingerprint density at radius 3 is 2.03 bits per heavy atom. The lowest BCUT2D eigenvalue weighted by Crippen LogP contribution is -2.17. The lowest BCUT2D eigenvalue weighted by Gasteiger charge is -2.06. The molecule has 32 heavy (non-hydrogen) atoms. The summed E-state index contributed by atoms with van der Waals surface area (Å²) in [5.41, 5.74) is 2.73. The fourth-order valence-corrected chi connectivity index (χ4v) is 3.61. The molecule has 1 aromatic heterocycles. The molecule has 0 fully saturated rings.